The van der Waals surface area contributed by atoms with Crippen LogP contribution in [0.1, 0.15) is 44.9 Å². The van der Waals surface area contributed by atoms with Crippen LogP contribution in [0.3, 0.4) is 0 Å². The quantitative estimate of drug-likeness (QED) is 0.697. The first-order valence-corrected chi connectivity index (χ1v) is 6.32. The second-order valence-corrected chi connectivity index (χ2v) is 5.20. The van der Waals surface area contributed by atoms with Crippen LogP contribution < -0.4 is 0 Å². The summed E-state index contributed by atoms with van der Waals surface area (Å²) in [5, 5.41) is 18.9. The van der Waals surface area contributed by atoms with Crippen molar-refractivity contribution in [2.45, 2.75) is 56.6 Å². The van der Waals surface area contributed by atoms with Crippen LogP contribution in [0, 0.1) is 0 Å². The molecule has 1 aliphatic heterocycles. The van der Waals surface area contributed by atoms with Crippen molar-refractivity contribution in [1.29, 1.82) is 0 Å². The molecule has 1 aliphatic carbocycles. The molecule has 0 bridgehead atoms. The van der Waals surface area contributed by atoms with Crippen molar-refractivity contribution in [2.75, 3.05) is 13.1 Å². The lowest BCUT2D eigenvalue weighted by Crippen LogP contribution is -2.43. The van der Waals surface area contributed by atoms with Crippen molar-refractivity contribution in [3.05, 3.63) is 0 Å². The normalized spacial score (nSPS) is 33.8. The Labute approximate surface area is 96.3 Å². The van der Waals surface area contributed by atoms with E-state index in [9.17, 15) is 9.90 Å². The molecular formula is C12H21NO3. The van der Waals surface area contributed by atoms with Crippen LogP contribution in [0.2, 0.25) is 0 Å². The van der Waals surface area contributed by atoms with Gasteiger partial charge in [-0.1, -0.05) is 25.7 Å². The number of carboxylic acids is 1. The third-order valence-corrected chi connectivity index (χ3v) is 4.02. The molecule has 1 heterocycles. The monoisotopic (exact) mass is 227 g/mol. The number of hydrogen-bond acceptors (Lipinski definition) is 3. The number of nitrogens with zero attached hydrogens (tertiary/aromatic N) is 1. The van der Waals surface area contributed by atoms with Gasteiger partial charge >= 0.3 is 5.97 Å². The largest absolute Gasteiger partial charge is 0.479 e. The molecule has 1 saturated heterocycles. The molecule has 0 aromatic carbocycles. The van der Waals surface area contributed by atoms with Crippen molar-refractivity contribution < 1.29 is 15.0 Å². The van der Waals surface area contributed by atoms with E-state index in [2.05, 4.69) is 4.90 Å². The summed E-state index contributed by atoms with van der Waals surface area (Å²) in [4.78, 5) is 13.1. The highest BCUT2D eigenvalue weighted by molar-refractivity contribution is 5.77. The summed E-state index contributed by atoms with van der Waals surface area (Å²) < 4.78 is 0. The summed E-state index contributed by atoms with van der Waals surface area (Å²) in [5.74, 6) is -1.07. The number of β-amino-alcohol motifs (C(OH)–C–C–N with tert-alkyl or cyclic N) is 1. The average molecular weight is 227 g/mol. The number of hydrogen-bond donors (Lipinski definition) is 2. The maximum atomic E-state index is 10.9. The Bertz CT molecular complexity index is 261. The standard InChI is InChI=1S/C12H21NO3/c14-11(15)12(16)7-8-13(9-12)10-5-3-1-2-4-6-10/h10,16H,1-9H2,(H,14,15). The van der Waals surface area contributed by atoms with E-state index in [0.29, 0.717) is 19.0 Å². The number of aliphatic hydroxyl groups is 1. The van der Waals surface area contributed by atoms with Crippen molar-refractivity contribution in [3.8, 4) is 0 Å². The highest BCUT2D eigenvalue weighted by atomic mass is 16.4. The number of rotatable bonds is 2. The molecule has 4 heteroatoms. The second-order valence-electron chi connectivity index (χ2n) is 5.20. The average Bonchev–Trinajstić information content (AvgIpc) is 2.51. The minimum atomic E-state index is -1.49. The van der Waals surface area contributed by atoms with E-state index >= 15 is 0 Å². The third kappa shape index (κ3) is 2.38. The molecule has 1 unspecified atom stereocenters. The molecule has 1 atom stereocenters. The Hall–Kier alpha value is -0.610. The van der Waals surface area contributed by atoms with E-state index in [1.165, 1.54) is 25.7 Å². The van der Waals surface area contributed by atoms with Gasteiger partial charge in [0.2, 0.25) is 0 Å². The van der Waals surface area contributed by atoms with Crippen molar-refractivity contribution >= 4 is 5.97 Å². The van der Waals surface area contributed by atoms with E-state index in [-0.39, 0.29) is 0 Å². The lowest BCUT2D eigenvalue weighted by atomic mass is 10.0. The molecule has 0 radical (unpaired) electrons. The zero-order valence-electron chi connectivity index (χ0n) is 9.69. The molecule has 2 N–H and O–H groups in total. The van der Waals surface area contributed by atoms with Crippen LogP contribution in [0.5, 0.6) is 0 Å². The van der Waals surface area contributed by atoms with E-state index in [4.69, 9.17) is 5.11 Å². The lowest BCUT2D eigenvalue weighted by Gasteiger charge is -2.27. The van der Waals surface area contributed by atoms with E-state index in [1.54, 1.807) is 0 Å². The summed E-state index contributed by atoms with van der Waals surface area (Å²) in [7, 11) is 0. The fraction of sp³-hybridized carbons (Fsp3) is 0.917. The number of carbonyl (C=O) groups is 1. The molecule has 16 heavy (non-hydrogen) atoms. The van der Waals surface area contributed by atoms with Crippen LogP contribution in [0.15, 0.2) is 0 Å². The minimum absolute atomic E-state index is 0.312. The Morgan fingerprint density at radius 3 is 2.31 bits per heavy atom. The molecule has 1 saturated carbocycles. The van der Waals surface area contributed by atoms with Crippen molar-refractivity contribution in [2.24, 2.45) is 0 Å². The van der Waals surface area contributed by atoms with Gasteiger partial charge in [-0.2, -0.15) is 0 Å². The first-order chi connectivity index (χ1) is 7.62. The van der Waals surface area contributed by atoms with E-state index in [1.807, 2.05) is 0 Å². The third-order valence-electron chi connectivity index (χ3n) is 4.02. The fourth-order valence-electron chi connectivity index (χ4n) is 2.93. The van der Waals surface area contributed by atoms with Gasteiger partial charge in [0, 0.05) is 25.6 Å². The molecule has 0 aromatic rings. The molecule has 92 valence electrons. The topological polar surface area (TPSA) is 60.8 Å². The van der Waals surface area contributed by atoms with E-state index < -0.39 is 11.6 Å². The van der Waals surface area contributed by atoms with Crippen molar-refractivity contribution in [3.63, 3.8) is 0 Å². The molecule has 0 aromatic heterocycles. The molecular weight excluding hydrogens is 206 g/mol. The van der Waals surface area contributed by atoms with Gasteiger partial charge in [0.1, 0.15) is 0 Å². The maximum absolute atomic E-state index is 10.9. The summed E-state index contributed by atoms with van der Waals surface area (Å²) in [6.07, 6.45) is 7.78. The zero-order valence-corrected chi connectivity index (χ0v) is 9.69. The van der Waals surface area contributed by atoms with Crippen LogP contribution in [-0.4, -0.2) is 45.8 Å². The number of carboxylic acid groups (broad SMARTS) is 1. The lowest BCUT2D eigenvalue weighted by molar-refractivity contribution is -0.157. The Morgan fingerprint density at radius 2 is 1.81 bits per heavy atom. The Morgan fingerprint density at radius 1 is 1.19 bits per heavy atom. The molecule has 2 fully saturated rings. The molecule has 4 nitrogen and oxygen atoms in total. The van der Waals surface area contributed by atoms with E-state index in [0.717, 1.165) is 19.4 Å². The summed E-state index contributed by atoms with van der Waals surface area (Å²) in [6, 6.07) is 0.496. The first-order valence-electron chi connectivity index (χ1n) is 6.32. The first kappa shape index (κ1) is 11.9. The minimum Gasteiger partial charge on any atom is -0.479 e. The number of likely N-dealkylation sites (tertiary alicyclic amines) is 1. The molecule has 2 rings (SSSR count). The molecule has 0 spiro atoms. The summed E-state index contributed by atoms with van der Waals surface area (Å²) >= 11 is 0. The van der Waals surface area contributed by atoms with Crippen molar-refractivity contribution in [1.82, 2.24) is 4.90 Å². The van der Waals surface area contributed by atoms with Gasteiger partial charge in [-0.3, -0.25) is 4.90 Å². The van der Waals surface area contributed by atoms with Gasteiger partial charge in [-0.25, -0.2) is 4.79 Å². The van der Waals surface area contributed by atoms with Gasteiger partial charge in [0.15, 0.2) is 5.60 Å². The van der Waals surface area contributed by atoms with Gasteiger partial charge in [0.25, 0.3) is 0 Å². The Kier molecular flexibility index (Phi) is 3.50. The smallest absolute Gasteiger partial charge is 0.337 e. The van der Waals surface area contributed by atoms with Crippen LogP contribution in [0.4, 0.5) is 0 Å². The highest BCUT2D eigenvalue weighted by Gasteiger charge is 2.44. The van der Waals surface area contributed by atoms with Gasteiger partial charge in [-0.05, 0) is 12.8 Å². The van der Waals surface area contributed by atoms with Gasteiger partial charge in [0.05, 0.1) is 0 Å². The van der Waals surface area contributed by atoms with Gasteiger partial charge < -0.3 is 10.2 Å². The van der Waals surface area contributed by atoms with Crippen LogP contribution in [-0.2, 0) is 4.79 Å². The second kappa shape index (κ2) is 4.72. The zero-order chi connectivity index (χ0) is 11.6. The Balaban J connectivity index is 1.94. The maximum Gasteiger partial charge on any atom is 0.337 e. The SMILES string of the molecule is O=C(O)C1(O)CCN(C2CCCCCC2)C1. The summed E-state index contributed by atoms with van der Waals surface area (Å²) in [6.45, 7) is 1.04. The van der Waals surface area contributed by atoms with Gasteiger partial charge in [-0.15, -0.1) is 0 Å². The number of aliphatic carboxylic acids is 1. The highest BCUT2D eigenvalue weighted by Crippen LogP contribution is 2.29. The molecule has 2 aliphatic rings. The predicted molar refractivity (Wildman–Crippen MR) is 60.3 cm³/mol. The van der Waals surface area contributed by atoms with Crippen LogP contribution >= 0.6 is 0 Å². The molecule has 0 amide bonds. The van der Waals surface area contributed by atoms with Crippen LogP contribution in [0.25, 0.3) is 0 Å². The fourth-order valence-corrected chi connectivity index (χ4v) is 2.93. The summed E-state index contributed by atoms with van der Waals surface area (Å²) in [5.41, 5.74) is -1.49. The predicted octanol–water partition coefficient (Wildman–Crippen LogP) is 1.23.